The van der Waals surface area contributed by atoms with E-state index < -0.39 is 0 Å². The molecule has 1 N–H and O–H groups in total. The van der Waals surface area contributed by atoms with Crippen molar-refractivity contribution in [1.29, 1.82) is 0 Å². The molecule has 2 rings (SSSR count). The minimum atomic E-state index is -0.213. The second kappa shape index (κ2) is 7.33. The zero-order valence-corrected chi connectivity index (χ0v) is 12.7. The summed E-state index contributed by atoms with van der Waals surface area (Å²) in [7, 11) is 0. The first-order valence-corrected chi connectivity index (χ1v) is 7.46. The Kier molecular flexibility index (Phi) is 5.76. The Labute approximate surface area is 122 Å². The Morgan fingerprint density at radius 3 is 3.11 bits per heavy atom. The van der Waals surface area contributed by atoms with E-state index in [0.29, 0.717) is 10.5 Å². The van der Waals surface area contributed by atoms with Gasteiger partial charge in [-0.1, -0.05) is 13.0 Å². The zero-order chi connectivity index (χ0) is 13.7. The lowest BCUT2D eigenvalue weighted by Crippen LogP contribution is -2.49. The number of hydrogen-bond donors (Lipinski definition) is 1. The van der Waals surface area contributed by atoms with Crippen LogP contribution in [0.4, 0.5) is 4.39 Å². The molecule has 106 valence electrons. The van der Waals surface area contributed by atoms with E-state index in [9.17, 15) is 4.39 Å². The number of morpholine rings is 1. The summed E-state index contributed by atoms with van der Waals surface area (Å²) in [5, 5.41) is 3.36. The Morgan fingerprint density at radius 2 is 2.37 bits per heavy atom. The molecule has 0 spiro atoms. The van der Waals surface area contributed by atoms with E-state index >= 15 is 0 Å². The van der Waals surface area contributed by atoms with Crippen LogP contribution in [0, 0.1) is 5.82 Å². The van der Waals surface area contributed by atoms with Crippen molar-refractivity contribution in [1.82, 2.24) is 10.2 Å². The minimum absolute atomic E-state index is 0.213. The van der Waals surface area contributed by atoms with Gasteiger partial charge in [0.2, 0.25) is 0 Å². The predicted molar refractivity (Wildman–Crippen MR) is 77.7 cm³/mol. The molecule has 1 unspecified atom stereocenters. The molecule has 19 heavy (non-hydrogen) atoms. The second-order valence-corrected chi connectivity index (χ2v) is 5.61. The zero-order valence-electron chi connectivity index (χ0n) is 11.2. The number of hydrogen-bond acceptors (Lipinski definition) is 3. The third-order valence-corrected chi connectivity index (χ3v) is 3.96. The SMILES string of the molecule is CCNCC1COCCN1Cc1ccc(F)c(Br)c1. The summed E-state index contributed by atoms with van der Waals surface area (Å²) in [6, 6.07) is 5.60. The Balaban J connectivity index is 1.99. The lowest BCUT2D eigenvalue weighted by molar-refractivity contribution is -0.0107. The molecule has 0 bridgehead atoms. The molecule has 0 radical (unpaired) electrons. The van der Waals surface area contributed by atoms with Crippen LogP contribution in [-0.2, 0) is 11.3 Å². The molecule has 1 aliphatic rings. The number of halogens is 2. The highest BCUT2D eigenvalue weighted by molar-refractivity contribution is 9.10. The largest absolute Gasteiger partial charge is 0.378 e. The van der Waals surface area contributed by atoms with Crippen LogP contribution in [0.5, 0.6) is 0 Å². The van der Waals surface area contributed by atoms with Crippen LogP contribution >= 0.6 is 15.9 Å². The van der Waals surface area contributed by atoms with Gasteiger partial charge in [-0.2, -0.15) is 0 Å². The maximum Gasteiger partial charge on any atom is 0.137 e. The summed E-state index contributed by atoms with van der Waals surface area (Å²) in [5.41, 5.74) is 1.12. The average molecular weight is 331 g/mol. The Morgan fingerprint density at radius 1 is 1.53 bits per heavy atom. The van der Waals surface area contributed by atoms with Gasteiger partial charge in [0.15, 0.2) is 0 Å². The van der Waals surface area contributed by atoms with Crippen molar-refractivity contribution in [3.8, 4) is 0 Å². The van der Waals surface area contributed by atoms with Crippen molar-refractivity contribution < 1.29 is 9.13 Å². The number of rotatable bonds is 5. The molecule has 5 heteroatoms. The lowest BCUT2D eigenvalue weighted by atomic mass is 10.1. The summed E-state index contributed by atoms with van der Waals surface area (Å²) >= 11 is 3.24. The molecule has 3 nitrogen and oxygen atoms in total. The van der Waals surface area contributed by atoms with Gasteiger partial charge in [0.25, 0.3) is 0 Å². The van der Waals surface area contributed by atoms with Crippen molar-refractivity contribution in [2.75, 3.05) is 32.8 Å². The van der Waals surface area contributed by atoms with Crippen LogP contribution in [0.25, 0.3) is 0 Å². The van der Waals surface area contributed by atoms with Crippen molar-refractivity contribution >= 4 is 15.9 Å². The van der Waals surface area contributed by atoms with Crippen molar-refractivity contribution in [2.24, 2.45) is 0 Å². The quantitative estimate of drug-likeness (QED) is 0.897. The minimum Gasteiger partial charge on any atom is -0.378 e. The molecular weight excluding hydrogens is 311 g/mol. The summed E-state index contributed by atoms with van der Waals surface area (Å²) in [4.78, 5) is 2.39. The number of ether oxygens (including phenoxy) is 1. The molecule has 1 saturated heterocycles. The highest BCUT2D eigenvalue weighted by atomic mass is 79.9. The Bertz CT molecular complexity index is 416. The van der Waals surface area contributed by atoms with Crippen LogP contribution in [0.15, 0.2) is 22.7 Å². The van der Waals surface area contributed by atoms with Crippen LogP contribution in [0.3, 0.4) is 0 Å². The summed E-state index contributed by atoms with van der Waals surface area (Å²) in [6.45, 7) is 7.28. The number of nitrogens with one attached hydrogen (secondary N) is 1. The summed E-state index contributed by atoms with van der Waals surface area (Å²) in [6.07, 6.45) is 0. The van der Waals surface area contributed by atoms with Gasteiger partial charge in [-0.15, -0.1) is 0 Å². The smallest absolute Gasteiger partial charge is 0.137 e. The first-order chi connectivity index (χ1) is 9.20. The molecule has 0 saturated carbocycles. The summed E-state index contributed by atoms with van der Waals surface area (Å²) in [5.74, 6) is -0.213. The van der Waals surface area contributed by atoms with E-state index in [1.54, 1.807) is 0 Å². The van der Waals surface area contributed by atoms with E-state index in [-0.39, 0.29) is 5.82 Å². The first-order valence-electron chi connectivity index (χ1n) is 6.67. The van der Waals surface area contributed by atoms with Crippen molar-refractivity contribution in [2.45, 2.75) is 19.5 Å². The van der Waals surface area contributed by atoms with E-state index in [1.807, 2.05) is 12.1 Å². The van der Waals surface area contributed by atoms with Gasteiger partial charge in [0.1, 0.15) is 5.82 Å². The molecule has 1 heterocycles. The molecule has 0 aliphatic carbocycles. The van der Waals surface area contributed by atoms with Gasteiger partial charge in [-0.05, 0) is 40.2 Å². The fourth-order valence-electron chi connectivity index (χ4n) is 2.27. The molecule has 1 atom stereocenters. The van der Waals surface area contributed by atoms with Gasteiger partial charge in [-0.25, -0.2) is 4.39 Å². The van der Waals surface area contributed by atoms with E-state index in [1.165, 1.54) is 6.07 Å². The van der Waals surface area contributed by atoms with Crippen molar-refractivity contribution in [3.05, 3.63) is 34.1 Å². The molecule has 1 aromatic carbocycles. The van der Waals surface area contributed by atoms with Gasteiger partial charge in [0.05, 0.1) is 17.7 Å². The fraction of sp³-hybridized carbons (Fsp3) is 0.571. The van der Waals surface area contributed by atoms with Crippen molar-refractivity contribution in [3.63, 3.8) is 0 Å². The second-order valence-electron chi connectivity index (χ2n) is 4.76. The topological polar surface area (TPSA) is 24.5 Å². The maximum atomic E-state index is 13.2. The number of likely N-dealkylation sites (N-methyl/N-ethyl adjacent to an activating group) is 1. The molecular formula is C14H20BrFN2O. The third kappa shape index (κ3) is 4.24. The molecule has 0 aromatic heterocycles. The normalized spacial score (nSPS) is 20.7. The third-order valence-electron chi connectivity index (χ3n) is 3.35. The van der Waals surface area contributed by atoms with Crippen LogP contribution < -0.4 is 5.32 Å². The number of benzene rings is 1. The van der Waals surface area contributed by atoms with Gasteiger partial charge < -0.3 is 10.1 Å². The van der Waals surface area contributed by atoms with Crippen LogP contribution in [0.2, 0.25) is 0 Å². The molecule has 0 amide bonds. The fourth-order valence-corrected chi connectivity index (χ4v) is 2.69. The monoisotopic (exact) mass is 330 g/mol. The molecule has 1 fully saturated rings. The molecule has 1 aliphatic heterocycles. The predicted octanol–water partition coefficient (Wildman–Crippen LogP) is 2.40. The Hall–Kier alpha value is -0.490. The summed E-state index contributed by atoms with van der Waals surface area (Å²) < 4.78 is 19.3. The van der Waals surface area contributed by atoms with Gasteiger partial charge in [0, 0.05) is 25.7 Å². The van der Waals surface area contributed by atoms with Crippen LogP contribution in [-0.4, -0.2) is 43.8 Å². The van der Waals surface area contributed by atoms with Gasteiger partial charge in [-0.3, -0.25) is 4.90 Å². The van der Waals surface area contributed by atoms with E-state index in [4.69, 9.17) is 4.74 Å². The highest BCUT2D eigenvalue weighted by Crippen LogP contribution is 2.19. The average Bonchev–Trinajstić information content (AvgIpc) is 2.42. The number of nitrogens with zero attached hydrogens (tertiary/aromatic N) is 1. The van der Waals surface area contributed by atoms with E-state index in [0.717, 1.165) is 45.0 Å². The molecule has 1 aromatic rings. The lowest BCUT2D eigenvalue weighted by Gasteiger charge is -2.35. The van der Waals surface area contributed by atoms with Gasteiger partial charge >= 0.3 is 0 Å². The van der Waals surface area contributed by atoms with E-state index in [2.05, 4.69) is 33.1 Å². The maximum absolute atomic E-state index is 13.2. The highest BCUT2D eigenvalue weighted by Gasteiger charge is 2.22. The standard InChI is InChI=1S/C14H20BrFN2O/c1-2-17-8-12-10-19-6-5-18(12)9-11-3-4-14(16)13(15)7-11/h3-4,7,12,17H,2,5-6,8-10H2,1H3. The first kappa shape index (κ1) is 14.9. The van der Waals surface area contributed by atoms with Crippen LogP contribution in [0.1, 0.15) is 12.5 Å².